The number of hydrazone groups is 1. The van der Waals surface area contributed by atoms with Crippen LogP contribution in [0.1, 0.15) is 52.4 Å². The summed E-state index contributed by atoms with van der Waals surface area (Å²) in [7, 11) is 1.48. The van der Waals surface area contributed by atoms with Crippen LogP contribution in [0.25, 0.3) is 0 Å². The molecule has 0 aliphatic carbocycles. The van der Waals surface area contributed by atoms with Gasteiger partial charge in [0.2, 0.25) is 0 Å². The van der Waals surface area contributed by atoms with Gasteiger partial charge < -0.3 is 14.2 Å². The third kappa shape index (κ3) is 7.18. The third-order valence-electron chi connectivity index (χ3n) is 5.35. The molecule has 0 saturated heterocycles. The highest BCUT2D eigenvalue weighted by Crippen LogP contribution is 2.32. The van der Waals surface area contributed by atoms with Crippen molar-refractivity contribution in [2.75, 3.05) is 13.7 Å². The van der Waals surface area contributed by atoms with Crippen LogP contribution in [0.15, 0.2) is 64.2 Å². The van der Waals surface area contributed by atoms with Crippen LogP contribution in [-0.4, -0.2) is 31.8 Å². The van der Waals surface area contributed by atoms with Gasteiger partial charge in [-0.05, 0) is 78.9 Å². The Labute approximate surface area is 219 Å². The van der Waals surface area contributed by atoms with Crippen molar-refractivity contribution in [3.63, 3.8) is 0 Å². The van der Waals surface area contributed by atoms with E-state index in [-0.39, 0.29) is 18.3 Å². The molecule has 0 heterocycles. The smallest absolute Gasteiger partial charge is 0.343 e. The van der Waals surface area contributed by atoms with Crippen molar-refractivity contribution >= 4 is 34.0 Å². The van der Waals surface area contributed by atoms with Gasteiger partial charge in [0.25, 0.3) is 5.91 Å². The van der Waals surface area contributed by atoms with Crippen LogP contribution in [0.4, 0.5) is 0 Å². The lowest BCUT2D eigenvalue weighted by atomic mass is 10.0. The zero-order valence-electron chi connectivity index (χ0n) is 20.9. The summed E-state index contributed by atoms with van der Waals surface area (Å²) < 4.78 is 17.6. The molecule has 3 aromatic rings. The molecule has 188 valence electrons. The summed E-state index contributed by atoms with van der Waals surface area (Å²) in [4.78, 5) is 24.7. The van der Waals surface area contributed by atoms with Crippen LogP contribution in [0, 0.1) is 13.8 Å². The molecule has 0 saturated carbocycles. The Balaban J connectivity index is 1.59. The quantitative estimate of drug-likeness (QED) is 0.153. The molecule has 36 heavy (non-hydrogen) atoms. The number of nitrogens with one attached hydrogen (secondary N) is 1. The van der Waals surface area contributed by atoms with Gasteiger partial charge in [-0.1, -0.05) is 47.5 Å². The molecular formula is C28H29BrN2O5. The number of ether oxygens (including phenoxy) is 3. The molecule has 0 radical (unpaired) electrons. The maximum absolute atomic E-state index is 12.4. The van der Waals surface area contributed by atoms with E-state index in [2.05, 4.69) is 40.3 Å². The van der Waals surface area contributed by atoms with Crippen LogP contribution in [-0.2, 0) is 4.79 Å². The number of aryl methyl sites for hydroxylation is 2. The van der Waals surface area contributed by atoms with E-state index in [1.54, 1.807) is 30.3 Å². The number of carbonyl (C=O) groups is 2. The number of nitrogens with zero attached hydrogens (tertiary/aromatic N) is 1. The predicted octanol–water partition coefficient (Wildman–Crippen LogP) is 5.95. The molecule has 0 bridgehead atoms. The van der Waals surface area contributed by atoms with Crippen molar-refractivity contribution < 1.29 is 23.8 Å². The minimum Gasteiger partial charge on any atom is -0.493 e. The molecule has 1 amide bonds. The highest BCUT2D eigenvalue weighted by atomic mass is 79.9. The van der Waals surface area contributed by atoms with Crippen LogP contribution >= 0.6 is 15.9 Å². The zero-order chi connectivity index (χ0) is 26.2. The minimum atomic E-state index is -0.483. The fraction of sp³-hybridized carbons (Fsp3) is 0.250. The predicted molar refractivity (Wildman–Crippen MR) is 143 cm³/mol. The van der Waals surface area contributed by atoms with Crippen molar-refractivity contribution in [2.24, 2.45) is 5.10 Å². The van der Waals surface area contributed by atoms with E-state index in [1.807, 2.05) is 38.1 Å². The lowest BCUT2D eigenvalue weighted by molar-refractivity contribution is -0.123. The Hall–Kier alpha value is -3.65. The molecule has 0 unspecified atom stereocenters. The second-order valence-electron chi connectivity index (χ2n) is 8.54. The summed E-state index contributed by atoms with van der Waals surface area (Å²) in [5.41, 5.74) is 6.63. The second kappa shape index (κ2) is 12.4. The zero-order valence-corrected chi connectivity index (χ0v) is 22.5. The fourth-order valence-electron chi connectivity index (χ4n) is 3.30. The van der Waals surface area contributed by atoms with E-state index in [4.69, 9.17) is 14.2 Å². The summed E-state index contributed by atoms with van der Waals surface area (Å²) in [5.74, 6) is 0.683. The Morgan fingerprint density at radius 1 is 1.00 bits per heavy atom. The summed E-state index contributed by atoms with van der Waals surface area (Å²) in [6.45, 7) is 7.87. The highest BCUT2D eigenvalue weighted by molar-refractivity contribution is 9.10. The monoisotopic (exact) mass is 552 g/mol. The fourth-order valence-corrected chi connectivity index (χ4v) is 3.66. The summed E-state index contributed by atoms with van der Waals surface area (Å²) in [6.07, 6.45) is 1.47. The first-order valence-corrected chi connectivity index (χ1v) is 12.2. The van der Waals surface area contributed by atoms with E-state index in [0.29, 0.717) is 22.6 Å². The summed E-state index contributed by atoms with van der Waals surface area (Å²) in [6, 6.07) is 16.0. The van der Waals surface area contributed by atoms with Gasteiger partial charge in [0.1, 0.15) is 5.75 Å². The van der Waals surface area contributed by atoms with Gasteiger partial charge in [-0.3, -0.25) is 4.79 Å². The number of halogens is 1. The number of methoxy groups -OCH3 is 1. The van der Waals surface area contributed by atoms with Crippen LogP contribution < -0.4 is 19.6 Å². The van der Waals surface area contributed by atoms with Gasteiger partial charge >= 0.3 is 5.97 Å². The first-order valence-electron chi connectivity index (χ1n) is 11.4. The standard InChI is InChI=1S/C28H29BrN2O5/c1-17(2)22-14-23(29)19(4)12-25(22)35-16-27(32)31-30-15-20-8-11-24(26(13-20)34-5)36-28(33)21-9-6-18(3)7-10-21/h6-15,17H,16H2,1-5H3,(H,31,32)/b30-15+. The first-order chi connectivity index (χ1) is 17.2. The number of benzene rings is 3. The summed E-state index contributed by atoms with van der Waals surface area (Å²) in [5, 5.41) is 3.99. The number of hydrogen-bond donors (Lipinski definition) is 1. The Morgan fingerprint density at radius 3 is 2.39 bits per heavy atom. The summed E-state index contributed by atoms with van der Waals surface area (Å²) >= 11 is 3.54. The molecule has 0 spiro atoms. The van der Waals surface area contributed by atoms with Crippen LogP contribution in [0.3, 0.4) is 0 Å². The van der Waals surface area contributed by atoms with Gasteiger partial charge in [-0.2, -0.15) is 5.10 Å². The lowest BCUT2D eigenvalue weighted by Crippen LogP contribution is -2.25. The molecule has 0 aromatic heterocycles. The number of rotatable bonds is 9. The Bertz CT molecular complexity index is 1270. The van der Waals surface area contributed by atoms with Gasteiger partial charge in [0, 0.05) is 4.47 Å². The molecule has 3 rings (SSSR count). The van der Waals surface area contributed by atoms with Crippen molar-refractivity contribution in [3.8, 4) is 17.2 Å². The van der Waals surface area contributed by atoms with Gasteiger partial charge in [-0.25, -0.2) is 10.2 Å². The van der Waals surface area contributed by atoms with E-state index in [1.165, 1.54) is 13.3 Å². The van der Waals surface area contributed by atoms with Gasteiger partial charge in [0.15, 0.2) is 18.1 Å². The van der Waals surface area contributed by atoms with E-state index >= 15 is 0 Å². The molecule has 8 heteroatoms. The molecular weight excluding hydrogens is 524 g/mol. The molecule has 0 fully saturated rings. The third-order valence-corrected chi connectivity index (χ3v) is 6.21. The number of hydrogen-bond acceptors (Lipinski definition) is 6. The number of carbonyl (C=O) groups excluding carboxylic acids is 2. The van der Waals surface area contributed by atoms with Crippen LogP contribution in [0.5, 0.6) is 17.2 Å². The lowest BCUT2D eigenvalue weighted by Gasteiger charge is -2.15. The molecule has 0 aliphatic heterocycles. The van der Waals surface area contributed by atoms with Crippen LogP contribution in [0.2, 0.25) is 0 Å². The minimum absolute atomic E-state index is 0.171. The highest BCUT2D eigenvalue weighted by Gasteiger charge is 2.14. The molecule has 3 aromatic carbocycles. The molecule has 1 N–H and O–H groups in total. The first kappa shape index (κ1) is 26.9. The van der Waals surface area contributed by atoms with E-state index in [9.17, 15) is 9.59 Å². The van der Waals surface area contributed by atoms with Crippen molar-refractivity contribution in [3.05, 3.63) is 86.9 Å². The largest absolute Gasteiger partial charge is 0.493 e. The maximum Gasteiger partial charge on any atom is 0.343 e. The Morgan fingerprint density at radius 2 is 1.72 bits per heavy atom. The average molecular weight is 553 g/mol. The molecule has 0 atom stereocenters. The second-order valence-corrected chi connectivity index (χ2v) is 9.40. The topological polar surface area (TPSA) is 86.2 Å². The number of esters is 1. The SMILES string of the molecule is COc1cc(/C=N/NC(=O)COc2cc(C)c(Br)cc2C(C)C)ccc1OC(=O)c1ccc(C)cc1. The normalized spacial score (nSPS) is 11.0. The van der Waals surface area contributed by atoms with Gasteiger partial charge in [0.05, 0.1) is 18.9 Å². The average Bonchev–Trinajstić information content (AvgIpc) is 2.85. The van der Waals surface area contributed by atoms with E-state index < -0.39 is 11.9 Å². The Kier molecular flexibility index (Phi) is 9.25. The maximum atomic E-state index is 12.4. The van der Waals surface area contributed by atoms with Gasteiger partial charge in [-0.15, -0.1) is 0 Å². The molecule has 0 aliphatic rings. The van der Waals surface area contributed by atoms with Crippen molar-refractivity contribution in [1.29, 1.82) is 0 Å². The van der Waals surface area contributed by atoms with Crippen molar-refractivity contribution in [2.45, 2.75) is 33.6 Å². The van der Waals surface area contributed by atoms with E-state index in [0.717, 1.165) is 21.2 Å². The van der Waals surface area contributed by atoms with Crippen molar-refractivity contribution in [1.82, 2.24) is 5.43 Å². The number of amides is 1. The molecule has 7 nitrogen and oxygen atoms in total.